The smallest absolute Gasteiger partial charge is 0.406 e. The number of alkyl halides is 3. The Morgan fingerprint density at radius 2 is 1.41 bits per heavy atom. The number of halogens is 3. The molecule has 0 saturated carbocycles. The van der Waals surface area contributed by atoms with E-state index < -0.39 is 42.0 Å². The summed E-state index contributed by atoms with van der Waals surface area (Å²) in [6.45, 7) is -0.590. The SMILES string of the molecule is O=C(CN1C(=O)NC(c2ccccc2)(c2ccccc2)C1=O)Nc1ccc(OC(F)(F)F)cc1. The molecule has 0 radical (unpaired) electrons. The first-order chi connectivity index (χ1) is 16.2. The van der Waals surface area contributed by atoms with Gasteiger partial charge in [0.15, 0.2) is 5.54 Å². The molecular weight excluding hydrogens is 451 g/mol. The number of carbonyl (C=O) groups excluding carboxylic acids is 3. The fourth-order valence-electron chi connectivity index (χ4n) is 3.74. The first kappa shape index (κ1) is 22.8. The van der Waals surface area contributed by atoms with Crippen molar-refractivity contribution in [3.8, 4) is 5.75 Å². The summed E-state index contributed by atoms with van der Waals surface area (Å²) >= 11 is 0. The molecule has 3 aromatic rings. The van der Waals surface area contributed by atoms with Crippen molar-refractivity contribution < 1.29 is 32.3 Å². The molecule has 0 atom stereocenters. The summed E-state index contributed by atoms with van der Waals surface area (Å²) in [4.78, 5) is 39.7. The molecule has 0 bridgehead atoms. The lowest BCUT2D eigenvalue weighted by Gasteiger charge is -2.28. The molecule has 1 aliphatic rings. The number of rotatable bonds is 6. The van der Waals surface area contributed by atoms with E-state index in [2.05, 4.69) is 15.4 Å². The Morgan fingerprint density at radius 1 is 0.882 bits per heavy atom. The van der Waals surface area contributed by atoms with Gasteiger partial charge in [0, 0.05) is 5.69 Å². The fraction of sp³-hybridized carbons (Fsp3) is 0.125. The van der Waals surface area contributed by atoms with Gasteiger partial charge in [0.05, 0.1) is 0 Å². The third-order valence-corrected chi connectivity index (χ3v) is 5.19. The molecule has 34 heavy (non-hydrogen) atoms. The number of urea groups is 1. The third-order valence-electron chi connectivity index (χ3n) is 5.19. The quantitative estimate of drug-likeness (QED) is 0.534. The van der Waals surface area contributed by atoms with E-state index in [1.807, 2.05) is 0 Å². The Bertz CT molecular complexity index is 1160. The Labute approximate surface area is 192 Å². The molecular formula is C24H18F3N3O4. The van der Waals surface area contributed by atoms with Crippen LogP contribution in [0.1, 0.15) is 11.1 Å². The summed E-state index contributed by atoms with van der Waals surface area (Å²) in [5.41, 5.74) is -0.273. The van der Waals surface area contributed by atoms with Crippen molar-refractivity contribution in [3.05, 3.63) is 96.1 Å². The average molecular weight is 469 g/mol. The summed E-state index contributed by atoms with van der Waals surface area (Å²) in [6, 6.07) is 21.1. The number of carbonyl (C=O) groups is 3. The molecule has 2 N–H and O–H groups in total. The summed E-state index contributed by atoms with van der Waals surface area (Å²) < 4.78 is 40.7. The zero-order chi connectivity index (χ0) is 24.3. The number of hydrogen-bond acceptors (Lipinski definition) is 4. The first-order valence-electron chi connectivity index (χ1n) is 10.1. The molecule has 0 spiro atoms. The molecule has 0 aromatic heterocycles. The molecule has 0 unspecified atom stereocenters. The minimum absolute atomic E-state index is 0.170. The maximum atomic E-state index is 13.5. The van der Waals surface area contributed by atoms with E-state index >= 15 is 0 Å². The lowest BCUT2D eigenvalue weighted by atomic mass is 9.82. The Hall–Kier alpha value is -4.34. The second-order valence-corrected chi connectivity index (χ2v) is 7.42. The Morgan fingerprint density at radius 3 is 1.91 bits per heavy atom. The molecule has 10 heteroatoms. The van der Waals surface area contributed by atoms with Gasteiger partial charge >= 0.3 is 12.4 Å². The van der Waals surface area contributed by atoms with Crippen LogP contribution >= 0.6 is 0 Å². The molecule has 7 nitrogen and oxygen atoms in total. The van der Waals surface area contributed by atoms with Crippen molar-refractivity contribution in [1.29, 1.82) is 0 Å². The van der Waals surface area contributed by atoms with Crippen molar-refractivity contribution in [2.75, 3.05) is 11.9 Å². The van der Waals surface area contributed by atoms with Crippen molar-refractivity contribution in [2.24, 2.45) is 0 Å². The highest BCUT2D eigenvalue weighted by Gasteiger charge is 2.54. The van der Waals surface area contributed by atoms with Crippen molar-refractivity contribution >= 4 is 23.5 Å². The van der Waals surface area contributed by atoms with E-state index in [0.29, 0.717) is 11.1 Å². The van der Waals surface area contributed by atoms with Crippen LogP contribution in [-0.2, 0) is 15.1 Å². The lowest BCUT2D eigenvalue weighted by Crippen LogP contribution is -2.45. The first-order valence-corrected chi connectivity index (χ1v) is 10.1. The molecule has 1 heterocycles. The normalized spacial score (nSPS) is 15.1. The van der Waals surface area contributed by atoms with Crippen molar-refractivity contribution in [1.82, 2.24) is 10.2 Å². The van der Waals surface area contributed by atoms with Crippen LogP contribution in [0.15, 0.2) is 84.9 Å². The number of amides is 4. The molecule has 1 fully saturated rings. The van der Waals surface area contributed by atoms with Crippen LogP contribution < -0.4 is 15.4 Å². The molecule has 0 aliphatic carbocycles. The van der Waals surface area contributed by atoms with Crippen LogP contribution in [0.4, 0.5) is 23.7 Å². The minimum atomic E-state index is -4.84. The molecule has 174 valence electrons. The fourth-order valence-corrected chi connectivity index (χ4v) is 3.74. The zero-order valence-corrected chi connectivity index (χ0v) is 17.5. The topological polar surface area (TPSA) is 87.7 Å². The second kappa shape index (κ2) is 8.89. The third kappa shape index (κ3) is 4.56. The van der Waals surface area contributed by atoms with Gasteiger partial charge in [0.25, 0.3) is 5.91 Å². The lowest BCUT2D eigenvalue weighted by molar-refractivity contribution is -0.274. The molecule has 3 aromatic carbocycles. The second-order valence-electron chi connectivity index (χ2n) is 7.42. The predicted molar refractivity (Wildman–Crippen MR) is 116 cm³/mol. The number of imide groups is 1. The van der Waals surface area contributed by atoms with Crippen LogP contribution in [0.25, 0.3) is 0 Å². The minimum Gasteiger partial charge on any atom is -0.406 e. The van der Waals surface area contributed by atoms with Gasteiger partial charge in [0.2, 0.25) is 5.91 Å². The predicted octanol–water partition coefficient (Wildman–Crippen LogP) is 4.02. The van der Waals surface area contributed by atoms with Crippen LogP contribution in [0, 0.1) is 0 Å². The maximum absolute atomic E-state index is 13.5. The van der Waals surface area contributed by atoms with Gasteiger partial charge in [-0.05, 0) is 35.4 Å². The van der Waals surface area contributed by atoms with E-state index in [1.54, 1.807) is 60.7 Å². The largest absolute Gasteiger partial charge is 0.573 e. The highest BCUT2D eigenvalue weighted by molar-refractivity contribution is 6.12. The van der Waals surface area contributed by atoms with E-state index in [4.69, 9.17) is 0 Å². The van der Waals surface area contributed by atoms with E-state index in [9.17, 15) is 27.6 Å². The van der Waals surface area contributed by atoms with E-state index in [-0.39, 0.29) is 5.69 Å². The van der Waals surface area contributed by atoms with Gasteiger partial charge in [-0.15, -0.1) is 13.2 Å². The number of ether oxygens (including phenoxy) is 1. The van der Waals surface area contributed by atoms with Crippen molar-refractivity contribution in [3.63, 3.8) is 0 Å². The number of nitrogens with zero attached hydrogens (tertiary/aromatic N) is 1. The monoisotopic (exact) mass is 469 g/mol. The Kier molecular flexibility index (Phi) is 5.97. The van der Waals surface area contributed by atoms with Crippen LogP contribution in [-0.4, -0.2) is 35.7 Å². The number of nitrogens with one attached hydrogen (secondary N) is 2. The van der Waals surface area contributed by atoms with Crippen LogP contribution in [0.3, 0.4) is 0 Å². The van der Waals surface area contributed by atoms with Crippen LogP contribution in [0.2, 0.25) is 0 Å². The summed E-state index contributed by atoms with van der Waals surface area (Å²) in [6.07, 6.45) is -4.84. The van der Waals surface area contributed by atoms with E-state index in [1.165, 1.54) is 12.1 Å². The highest BCUT2D eigenvalue weighted by atomic mass is 19.4. The Balaban J connectivity index is 1.53. The molecule has 4 rings (SSSR count). The zero-order valence-electron chi connectivity index (χ0n) is 17.5. The molecule has 1 saturated heterocycles. The highest BCUT2D eigenvalue weighted by Crippen LogP contribution is 2.36. The summed E-state index contributed by atoms with van der Waals surface area (Å²) in [7, 11) is 0. The molecule has 4 amide bonds. The van der Waals surface area contributed by atoms with Gasteiger partial charge in [0.1, 0.15) is 12.3 Å². The maximum Gasteiger partial charge on any atom is 0.573 e. The standard InChI is InChI=1S/C24H18F3N3O4/c25-24(26,27)34-19-13-11-18(12-14-19)28-20(31)15-30-21(32)23(29-22(30)33,16-7-3-1-4-8-16)17-9-5-2-6-10-17/h1-14H,15H2,(H,28,31)(H,29,33). The van der Waals surface area contributed by atoms with E-state index in [0.717, 1.165) is 17.0 Å². The van der Waals surface area contributed by atoms with Gasteiger partial charge in [-0.1, -0.05) is 60.7 Å². The van der Waals surface area contributed by atoms with Gasteiger partial charge in [-0.25, -0.2) is 4.79 Å². The number of anilines is 1. The number of hydrogen-bond donors (Lipinski definition) is 2. The van der Waals surface area contributed by atoms with Gasteiger partial charge in [-0.2, -0.15) is 0 Å². The summed E-state index contributed by atoms with van der Waals surface area (Å²) in [5.74, 6) is -1.78. The summed E-state index contributed by atoms with van der Waals surface area (Å²) in [5, 5.41) is 5.19. The molecule has 1 aliphatic heterocycles. The average Bonchev–Trinajstić information content (AvgIpc) is 3.06. The van der Waals surface area contributed by atoms with Gasteiger partial charge < -0.3 is 15.4 Å². The van der Waals surface area contributed by atoms with Crippen LogP contribution in [0.5, 0.6) is 5.75 Å². The number of benzene rings is 3. The van der Waals surface area contributed by atoms with Crippen molar-refractivity contribution in [2.45, 2.75) is 11.9 Å². The van der Waals surface area contributed by atoms with Gasteiger partial charge in [-0.3, -0.25) is 14.5 Å².